The first kappa shape index (κ1) is 19.0. The van der Waals surface area contributed by atoms with Crippen LogP contribution in [-0.2, 0) is 16.4 Å². The molecule has 10 heteroatoms. The summed E-state index contributed by atoms with van der Waals surface area (Å²) in [6.07, 6.45) is 0.781. The number of benzene rings is 2. The van der Waals surface area contributed by atoms with Crippen LogP contribution in [0.1, 0.15) is 23.0 Å². The van der Waals surface area contributed by atoms with Gasteiger partial charge in [0.15, 0.2) is 5.82 Å². The lowest BCUT2D eigenvalue weighted by Gasteiger charge is -2.12. The number of sulfonamides is 1. The van der Waals surface area contributed by atoms with Gasteiger partial charge in [-0.15, -0.1) is 0 Å². The summed E-state index contributed by atoms with van der Waals surface area (Å²) in [5.41, 5.74) is 6.33. The second-order valence-electron chi connectivity index (χ2n) is 5.82. The second-order valence-corrected chi connectivity index (χ2v) is 7.85. The summed E-state index contributed by atoms with van der Waals surface area (Å²) in [7, 11) is -4.45. The van der Waals surface area contributed by atoms with E-state index in [0.717, 1.165) is 17.5 Å². The molecule has 1 aromatic heterocycles. The fourth-order valence-electron chi connectivity index (χ4n) is 2.63. The molecule has 0 saturated carbocycles. The van der Waals surface area contributed by atoms with Crippen LogP contribution in [0.4, 0.5) is 10.1 Å². The number of amides is 1. The van der Waals surface area contributed by atoms with Gasteiger partial charge in [-0.25, -0.2) is 12.8 Å². The SMILES string of the molecule is CCc1cc2ccc(NS(=O)(=O)c3cc(C(N)=O)c(O)c(Cl)c3F)cc2[nH]1. The summed E-state index contributed by atoms with van der Waals surface area (Å²) in [6.45, 7) is 1.97. The number of aromatic hydroxyl groups is 1. The highest BCUT2D eigenvalue weighted by molar-refractivity contribution is 7.92. The number of halogens is 2. The van der Waals surface area contributed by atoms with E-state index in [1.165, 1.54) is 6.07 Å². The predicted molar refractivity (Wildman–Crippen MR) is 100 cm³/mol. The third kappa shape index (κ3) is 3.43. The van der Waals surface area contributed by atoms with E-state index in [0.29, 0.717) is 11.6 Å². The van der Waals surface area contributed by atoms with E-state index in [9.17, 15) is 22.7 Å². The van der Waals surface area contributed by atoms with Gasteiger partial charge in [0, 0.05) is 11.2 Å². The Kier molecular flexibility index (Phi) is 4.75. The van der Waals surface area contributed by atoms with Gasteiger partial charge in [-0.1, -0.05) is 24.6 Å². The number of fused-ring (bicyclic) bond motifs is 1. The van der Waals surface area contributed by atoms with Crippen LogP contribution >= 0.6 is 11.6 Å². The number of hydrogen-bond donors (Lipinski definition) is 4. The molecule has 0 atom stereocenters. The Morgan fingerprint density at radius 2 is 2.04 bits per heavy atom. The zero-order valence-electron chi connectivity index (χ0n) is 14.0. The minimum absolute atomic E-state index is 0.177. The van der Waals surface area contributed by atoms with Gasteiger partial charge in [0.1, 0.15) is 15.7 Å². The number of H-pyrrole nitrogens is 1. The van der Waals surface area contributed by atoms with Crippen molar-refractivity contribution in [2.75, 3.05) is 4.72 Å². The summed E-state index contributed by atoms with van der Waals surface area (Å²) in [5.74, 6) is -3.45. The maximum absolute atomic E-state index is 14.3. The van der Waals surface area contributed by atoms with Crippen molar-refractivity contribution >= 4 is 44.1 Å². The number of anilines is 1. The van der Waals surface area contributed by atoms with E-state index >= 15 is 0 Å². The number of nitrogens with one attached hydrogen (secondary N) is 2. The first-order chi connectivity index (χ1) is 12.6. The summed E-state index contributed by atoms with van der Waals surface area (Å²) >= 11 is 5.61. The van der Waals surface area contributed by atoms with Crippen LogP contribution in [-0.4, -0.2) is 24.4 Å². The van der Waals surface area contributed by atoms with Gasteiger partial charge >= 0.3 is 0 Å². The molecule has 0 radical (unpaired) electrons. The number of aromatic amines is 1. The van der Waals surface area contributed by atoms with Crippen molar-refractivity contribution < 1.29 is 22.7 Å². The molecule has 27 heavy (non-hydrogen) atoms. The standard InChI is InChI=1S/C17H15ClFN3O4S/c1-2-9-5-8-3-4-10(6-12(8)21-9)22-27(25,26)13-7-11(17(20)24)16(23)14(18)15(13)19/h3-7,21-23H,2H2,1H3,(H2,20,24). The molecule has 0 spiro atoms. The topological polar surface area (TPSA) is 125 Å². The first-order valence-corrected chi connectivity index (χ1v) is 9.65. The zero-order valence-corrected chi connectivity index (χ0v) is 15.6. The van der Waals surface area contributed by atoms with Crippen LogP contribution in [0.5, 0.6) is 5.75 Å². The van der Waals surface area contributed by atoms with Crippen molar-refractivity contribution in [3.8, 4) is 5.75 Å². The normalized spacial score (nSPS) is 11.7. The molecule has 7 nitrogen and oxygen atoms in total. The minimum atomic E-state index is -4.45. The van der Waals surface area contributed by atoms with Gasteiger partial charge in [0.05, 0.1) is 11.3 Å². The van der Waals surface area contributed by atoms with Gasteiger partial charge in [-0.2, -0.15) is 0 Å². The fraction of sp³-hybridized carbons (Fsp3) is 0.118. The molecule has 2 aromatic carbocycles. The third-order valence-electron chi connectivity index (χ3n) is 4.01. The largest absolute Gasteiger partial charge is 0.505 e. The molecule has 0 aliphatic rings. The fourth-order valence-corrected chi connectivity index (χ4v) is 4.05. The molecule has 0 aliphatic carbocycles. The van der Waals surface area contributed by atoms with Gasteiger partial charge < -0.3 is 15.8 Å². The Morgan fingerprint density at radius 1 is 1.33 bits per heavy atom. The lowest BCUT2D eigenvalue weighted by Crippen LogP contribution is -2.18. The molecule has 142 valence electrons. The van der Waals surface area contributed by atoms with Gasteiger partial charge in [-0.05, 0) is 36.1 Å². The molecular weight excluding hydrogens is 397 g/mol. The zero-order chi connectivity index (χ0) is 19.9. The molecule has 0 bridgehead atoms. The van der Waals surface area contributed by atoms with Crippen LogP contribution in [0.15, 0.2) is 35.2 Å². The van der Waals surface area contributed by atoms with E-state index in [1.807, 2.05) is 13.0 Å². The third-order valence-corrected chi connectivity index (χ3v) is 5.74. The summed E-state index contributed by atoms with van der Waals surface area (Å²) in [4.78, 5) is 13.6. The smallest absolute Gasteiger partial charge is 0.264 e. The number of primary amides is 1. The maximum atomic E-state index is 14.3. The average molecular weight is 412 g/mol. The number of phenols is 1. The highest BCUT2D eigenvalue weighted by atomic mass is 35.5. The summed E-state index contributed by atoms with van der Waals surface area (Å²) in [6, 6.07) is 7.36. The van der Waals surface area contributed by atoms with E-state index in [-0.39, 0.29) is 5.69 Å². The lowest BCUT2D eigenvalue weighted by atomic mass is 10.2. The average Bonchev–Trinajstić information content (AvgIpc) is 3.01. The Morgan fingerprint density at radius 3 is 2.67 bits per heavy atom. The van der Waals surface area contributed by atoms with E-state index in [4.69, 9.17) is 17.3 Å². The van der Waals surface area contributed by atoms with Gasteiger partial charge in [0.2, 0.25) is 0 Å². The molecule has 0 aliphatic heterocycles. The number of aromatic nitrogens is 1. The van der Waals surface area contributed by atoms with Crippen LogP contribution < -0.4 is 10.5 Å². The number of carbonyl (C=O) groups is 1. The Balaban J connectivity index is 2.06. The Hall–Kier alpha value is -2.78. The minimum Gasteiger partial charge on any atom is -0.505 e. The monoisotopic (exact) mass is 411 g/mol. The van der Waals surface area contributed by atoms with E-state index < -0.39 is 43.0 Å². The quantitative estimate of drug-likeness (QED) is 0.514. The van der Waals surface area contributed by atoms with Crippen LogP contribution in [0.2, 0.25) is 5.02 Å². The number of carbonyl (C=O) groups excluding carboxylic acids is 1. The van der Waals surface area contributed by atoms with Crippen molar-refractivity contribution in [3.05, 3.63) is 52.4 Å². The Bertz CT molecular complexity index is 1170. The lowest BCUT2D eigenvalue weighted by molar-refractivity contribution is 0.0997. The number of nitrogens with two attached hydrogens (primary N) is 1. The molecule has 3 rings (SSSR count). The maximum Gasteiger partial charge on any atom is 0.264 e. The molecule has 0 fully saturated rings. The van der Waals surface area contributed by atoms with E-state index in [2.05, 4.69) is 9.71 Å². The molecule has 1 amide bonds. The van der Waals surface area contributed by atoms with Gasteiger partial charge in [0.25, 0.3) is 15.9 Å². The van der Waals surface area contributed by atoms with Crippen molar-refractivity contribution in [3.63, 3.8) is 0 Å². The summed E-state index contributed by atoms with van der Waals surface area (Å²) < 4.78 is 41.8. The second kappa shape index (κ2) is 6.75. The molecule has 3 aromatic rings. The predicted octanol–water partition coefficient (Wildman–Crippen LogP) is 3.13. The number of aryl methyl sites for hydroxylation is 1. The van der Waals surface area contributed by atoms with E-state index in [1.54, 1.807) is 12.1 Å². The van der Waals surface area contributed by atoms with Crippen LogP contribution in [0, 0.1) is 5.82 Å². The Labute approximate surface area is 159 Å². The van der Waals surface area contributed by atoms with Gasteiger partial charge in [-0.3, -0.25) is 9.52 Å². The first-order valence-electron chi connectivity index (χ1n) is 7.79. The molecule has 0 unspecified atom stereocenters. The summed E-state index contributed by atoms with van der Waals surface area (Å²) in [5, 5.41) is 9.67. The van der Waals surface area contributed by atoms with Crippen molar-refractivity contribution in [2.24, 2.45) is 5.73 Å². The molecular formula is C17H15ClFN3O4S. The van der Waals surface area contributed by atoms with Crippen molar-refractivity contribution in [2.45, 2.75) is 18.2 Å². The van der Waals surface area contributed by atoms with Crippen LogP contribution in [0.25, 0.3) is 10.9 Å². The molecule has 1 heterocycles. The van der Waals surface area contributed by atoms with Crippen molar-refractivity contribution in [1.82, 2.24) is 4.98 Å². The molecule has 5 N–H and O–H groups in total. The number of hydrogen-bond acceptors (Lipinski definition) is 4. The van der Waals surface area contributed by atoms with Crippen molar-refractivity contribution in [1.29, 1.82) is 0 Å². The highest BCUT2D eigenvalue weighted by Gasteiger charge is 2.27. The number of rotatable bonds is 5. The highest BCUT2D eigenvalue weighted by Crippen LogP contribution is 2.35. The van der Waals surface area contributed by atoms with Crippen LogP contribution in [0.3, 0.4) is 0 Å². The molecule has 0 saturated heterocycles.